The summed E-state index contributed by atoms with van der Waals surface area (Å²) < 4.78 is 5.52. The number of nitrogens with one attached hydrogen (secondary N) is 1. The van der Waals surface area contributed by atoms with Crippen LogP contribution in [-0.4, -0.2) is 36.7 Å². The van der Waals surface area contributed by atoms with Crippen LogP contribution in [-0.2, 0) is 11.2 Å². The first-order valence-corrected chi connectivity index (χ1v) is 12.0. The molecule has 1 aliphatic rings. The number of carbonyl (C=O) groups excluding carboxylic acids is 1. The van der Waals surface area contributed by atoms with Gasteiger partial charge in [0.2, 0.25) is 0 Å². The smallest absolute Gasteiger partial charge is 0.411 e. The molecule has 164 valence electrons. The van der Waals surface area contributed by atoms with E-state index in [1.807, 2.05) is 19.1 Å². The van der Waals surface area contributed by atoms with Gasteiger partial charge in [-0.3, -0.25) is 10.2 Å². The standard InChI is InChI=1S/C25H42N2O2/c1-3-4-5-6-7-8-9-11-14-23-15-17-24(18-16-23)26-25(28)29-22(2)21-27-19-12-10-13-20-27/h15-18,22H,3-14,19-21H2,1-2H3,(H,26,28)/t22-/m1/s1. The average molecular weight is 403 g/mol. The number of anilines is 1. The van der Waals surface area contributed by atoms with Gasteiger partial charge in [0.15, 0.2) is 0 Å². The van der Waals surface area contributed by atoms with Crippen LogP contribution in [0.5, 0.6) is 0 Å². The van der Waals surface area contributed by atoms with Crippen LogP contribution in [0.3, 0.4) is 0 Å². The fraction of sp³-hybridized carbons (Fsp3) is 0.720. The molecule has 1 saturated heterocycles. The Morgan fingerprint density at radius 3 is 2.24 bits per heavy atom. The van der Waals surface area contributed by atoms with Crippen molar-refractivity contribution in [1.82, 2.24) is 4.90 Å². The van der Waals surface area contributed by atoms with Crippen LogP contribution in [0.25, 0.3) is 0 Å². The van der Waals surface area contributed by atoms with Crippen LogP contribution >= 0.6 is 0 Å². The largest absolute Gasteiger partial charge is 0.445 e. The lowest BCUT2D eigenvalue weighted by atomic mass is 10.0. The Bertz CT molecular complexity index is 552. The van der Waals surface area contributed by atoms with Gasteiger partial charge in [0.05, 0.1) is 0 Å². The first-order chi connectivity index (χ1) is 14.2. The minimum absolute atomic E-state index is 0.0886. The van der Waals surface area contributed by atoms with E-state index < -0.39 is 0 Å². The van der Waals surface area contributed by atoms with Crippen LogP contribution in [0.4, 0.5) is 10.5 Å². The number of amides is 1. The Morgan fingerprint density at radius 2 is 1.59 bits per heavy atom. The number of likely N-dealkylation sites (tertiary alicyclic amines) is 1. The molecule has 0 bridgehead atoms. The van der Waals surface area contributed by atoms with Gasteiger partial charge in [0.25, 0.3) is 0 Å². The van der Waals surface area contributed by atoms with E-state index in [9.17, 15) is 4.79 Å². The maximum absolute atomic E-state index is 12.1. The second kappa shape index (κ2) is 14.4. The van der Waals surface area contributed by atoms with E-state index >= 15 is 0 Å². The van der Waals surface area contributed by atoms with Crippen LogP contribution in [0.1, 0.15) is 90.0 Å². The molecule has 0 aromatic heterocycles. The van der Waals surface area contributed by atoms with Gasteiger partial charge >= 0.3 is 6.09 Å². The zero-order chi connectivity index (χ0) is 20.7. The number of aryl methyl sites for hydroxylation is 1. The highest BCUT2D eigenvalue weighted by Crippen LogP contribution is 2.15. The molecule has 0 saturated carbocycles. The molecule has 1 fully saturated rings. The summed E-state index contributed by atoms with van der Waals surface area (Å²) >= 11 is 0. The van der Waals surface area contributed by atoms with Crippen LogP contribution in [0.15, 0.2) is 24.3 Å². The van der Waals surface area contributed by atoms with Gasteiger partial charge in [-0.05, 0) is 63.4 Å². The molecule has 29 heavy (non-hydrogen) atoms. The van der Waals surface area contributed by atoms with Crippen molar-refractivity contribution in [3.05, 3.63) is 29.8 Å². The Morgan fingerprint density at radius 1 is 0.966 bits per heavy atom. The molecular formula is C25H42N2O2. The second-order valence-corrected chi connectivity index (χ2v) is 8.62. The summed E-state index contributed by atoms with van der Waals surface area (Å²) in [5, 5.41) is 2.86. The van der Waals surface area contributed by atoms with Crippen LogP contribution in [0, 0.1) is 0 Å². The van der Waals surface area contributed by atoms with Crippen molar-refractivity contribution in [2.75, 3.05) is 25.0 Å². The average Bonchev–Trinajstić information content (AvgIpc) is 2.71. The lowest BCUT2D eigenvalue weighted by Gasteiger charge is -2.28. The highest BCUT2D eigenvalue weighted by atomic mass is 16.6. The molecule has 0 aliphatic carbocycles. The predicted molar refractivity (Wildman–Crippen MR) is 123 cm³/mol. The Hall–Kier alpha value is -1.55. The molecular weight excluding hydrogens is 360 g/mol. The van der Waals surface area contributed by atoms with E-state index in [1.165, 1.54) is 76.2 Å². The minimum atomic E-state index is -0.356. The molecule has 0 spiro atoms. The highest BCUT2D eigenvalue weighted by molar-refractivity contribution is 5.84. The quantitative estimate of drug-likeness (QED) is 0.369. The Kier molecular flexibility index (Phi) is 11.8. The van der Waals surface area contributed by atoms with E-state index in [4.69, 9.17) is 4.74 Å². The van der Waals surface area contributed by atoms with E-state index in [0.29, 0.717) is 0 Å². The van der Waals surface area contributed by atoms with E-state index in [0.717, 1.165) is 31.7 Å². The van der Waals surface area contributed by atoms with E-state index in [-0.39, 0.29) is 12.2 Å². The third kappa shape index (κ3) is 10.7. The summed E-state index contributed by atoms with van der Waals surface area (Å²) in [5.74, 6) is 0. The molecule has 0 unspecified atom stereocenters. The zero-order valence-electron chi connectivity index (χ0n) is 18.8. The molecule has 1 aliphatic heterocycles. The first kappa shape index (κ1) is 23.7. The van der Waals surface area contributed by atoms with Gasteiger partial charge in [0.1, 0.15) is 6.10 Å². The van der Waals surface area contributed by atoms with Crippen molar-refractivity contribution in [3.63, 3.8) is 0 Å². The molecule has 0 radical (unpaired) electrons. The molecule has 4 nitrogen and oxygen atoms in total. The third-order valence-electron chi connectivity index (χ3n) is 5.79. The number of carbonyl (C=O) groups is 1. The minimum Gasteiger partial charge on any atom is -0.445 e. The number of hydrogen-bond acceptors (Lipinski definition) is 3. The zero-order valence-corrected chi connectivity index (χ0v) is 18.8. The first-order valence-electron chi connectivity index (χ1n) is 12.0. The summed E-state index contributed by atoms with van der Waals surface area (Å²) in [6.45, 7) is 7.30. The summed E-state index contributed by atoms with van der Waals surface area (Å²) in [5.41, 5.74) is 2.15. The molecule has 1 N–H and O–H groups in total. The van der Waals surface area contributed by atoms with Crippen molar-refractivity contribution >= 4 is 11.8 Å². The topological polar surface area (TPSA) is 41.6 Å². The van der Waals surface area contributed by atoms with Gasteiger partial charge in [0, 0.05) is 12.2 Å². The van der Waals surface area contributed by atoms with Crippen molar-refractivity contribution in [3.8, 4) is 0 Å². The van der Waals surface area contributed by atoms with Crippen molar-refractivity contribution in [1.29, 1.82) is 0 Å². The summed E-state index contributed by atoms with van der Waals surface area (Å²) in [4.78, 5) is 14.5. The van der Waals surface area contributed by atoms with Gasteiger partial charge in [-0.1, -0.05) is 70.4 Å². The fourth-order valence-electron chi connectivity index (χ4n) is 4.09. The third-order valence-corrected chi connectivity index (χ3v) is 5.79. The molecule has 1 aromatic rings. The van der Waals surface area contributed by atoms with E-state index in [2.05, 4.69) is 29.3 Å². The summed E-state index contributed by atoms with van der Waals surface area (Å²) in [6.07, 6.45) is 15.3. The lowest BCUT2D eigenvalue weighted by molar-refractivity contribution is 0.0833. The number of hydrogen-bond donors (Lipinski definition) is 1. The number of nitrogens with zero attached hydrogens (tertiary/aromatic N) is 1. The molecule has 1 heterocycles. The molecule has 1 amide bonds. The van der Waals surface area contributed by atoms with E-state index in [1.54, 1.807) is 0 Å². The molecule has 2 rings (SSSR count). The maximum Gasteiger partial charge on any atom is 0.411 e. The lowest BCUT2D eigenvalue weighted by Crippen LogP contribution is -2.37. The highest BCUT2D eigenvalue weighted by Gasteiger charge is 2.16. The molecule has 1 atom stereocenters. The summed E-state index contributed by atoms with van der Waals surface area (Å²) in [7, 11) is 0. The molecule has 4 heteroatoms. The maximum atomic E-state index is 12.1. The number of benzene rings is 1. The van der Waals surface area contributed by atoms with Crippen LogP contribution < -0.4 is 5.32 Å². The fourth-order valence-corrected chi connectivity index (χ4v) is 4.09. The van der Waals surface area contributed by atoms with Crippen molar-refractivity contribution in [2.45, 2.75) is 97.0 Å². The van der Waals surface area contributed by atoms with Gasteiger partial charge in [-0.25, -0.2) is 4.79 Å². The summed E-state index contributed by atoms with van der Waals surface area (Å²) in [6, 6.07) is 8.20. The van der Waals surface area contributed by atoms with Gasteiger partial charge in [-0.15, -0.1) is 0 Å². The Balaban J connectivity index is 1.58. The van der Waals surface area contributed by atoms with Crippen LogP contribution in [0.2, 0.25) is 0 Å². The number of rotatable bonds is 13. The Labute approximate surface area is 178 Å². The predicted octanol–water partition coefficient (Wildman–Crippen LogP) is 6.79. The van der Waals surface area contributed by atoms with Crippen molar-refractivity contribution < 1.29 is 9.53 Å². The molecule has 1 aromatic carbocycles. The monoisotopic (exact) mass is 402 g/mol. The van der Waals surface area contributed by atoms with Crippen molar-refractivity contribution in [2.24, 2.45) is 0 Å². The number of unbranched alkanes of at least 4 members (excludes halogenated alkanes) is 7. The SMILES string of the molecule is CCCCCCCCCCc1ccc(NC(=O)O[C@H](C)CN2CCCCC2)cc1. The van der Waals surface area contributed by atoms with Gasteiger partial charge < -0.3 is 4.74 Å². The number of piperidine rings is 1. The second-order valence-electron chi connectivity index (χ2n) is 8.62. The number of ether oxygens (including phenoxy) is 1. The van der Waals surface area contributed by atoms with Gasteiger partial charge in [-0.2, -0.15) is 0 Å². The normalized spacial score (nSPS) is 15.8.